The van der Waals surface area contributed by atoms with Crippen molar-refractivity contribution in [2.45, 2.75) is 6.92 Å². The molecule has 0 bridgehead atoms. The molecular weight excluding hydrogens is 405 g/mol. The zero-order valence-electron chi connectivity index (χ0n) is 17.6. The Kier molecular flexibility index (Phi) is 4.82. The minimum atomic E-state index is -0.305. The molecule has 5 nitrogen and oxygen atoms in total. The van der Waals surface area contributed by atoms with Gasteiger partial charge in [-0.3, -0.25) is 9.36 Å². The number of nitrogens with zero attached hydrogens (tertiary/aromatic N) is 2. The smallest absolute Gasteiger partial charge is 0.227 e. The summed E-state index contributed by atoms with van der Waals surface area (Å²) in [4.78, 5) is 20.6. The van der Waals surface area contributed by atoms with Gasteiger partial charge in [-0.1, -0.05) is 18.2 Å². The van der Waals surface area contributed by atoms with E-state index in [1.807, 2.05) is 54.7 Å². The molecule has 1 N–H and O–H groups in total. The molecule has 3 aromatic carbocycles. The Hall–Kier alpha value is -4.19. The zero-order valence-corrected chi connectivity index (χ0v) is 17.6. The molecule has 0 saturated carbocycles. The molecule has 0 amide bonds. The van der Waals surface area contributed by atoms with Crippen molar-refractivity contribution in [3.8, 4) is 39.7 Å². The van der Waals surface area contributed by atoms with E-state index < -0.39 is 0 Å². The van der Waals surface area contributed by atoms with Crippen LogP contribution in [0.1, 0.15) is 11.7 Å². The van der Waals surface area contributed by atoms with Crippen molar-refractivity contribution >= 4 is 16.8 Å². The summed E-state index contributed by atoms with van der Waals surface area (Å²) in [6.45, 7) is 1.54. The number of fused-ring (bicyclic) bond motifs is 1. The molecular formula is C26H20FN3O2. The Bertz CT molecular complexity index is 1430. The van der Waals surface area contributed by atoms with Crippen LogP contribution in [0.5, 0.6) is 5.75 Å². The molecule has 0 saturated heterocycles. The number of imidazole rings is 1. The molecule has 32 heavy (non-hydrogen) atoms. The van der Waals surface area contributed by atoms with E-state index in [9.17, 15) is 9.18 Å². The minimum Gasteiger partial charge on any atom is -0.497 e. The van der Waals surface area contributed by atoms with Crippen molar-refractivity contribution in [2.75, 3.05) is 7.11 Å². The molecule has 0 spiro atoms. The van der Waals surface area contributed by atoms with Gasteiger partial charge in [0.05, 0.1) is 24.0 Å². The number of benzene rings is 3. The number of carbonyl (C=O) groups is 1. The van der Waals surface area contributed by atoms with Crippen molar-refractivity contribution in [2.24, 2.45) is 0 Å². The van der Waals surface area contributed by atoms with Crippen molar-refractivity contribution in [3.05, 3.63) is 84.8 Å². The van der Waals surface area contributed by atoms with E-state index in [-0.39, 0.29) is 11.7 Å². The predicted octanol–water partition coefficient (Wildman–Crippen LogP) is 6.17. The Labute approximate surface area is 184 Å². The Morgan fingerprint density at radius 1 is 0.969 bits per heavy atom. The largest absolute Gasteiger partial charge is 0.497 e. The van der Waals surface area contributed by atoms with Gasteiger partial charge in [-0.15, -0.1) is 0 Å². The molecule has 0 atom stereocenters. The molecule has 0 fully saturated rings. The summed E-state index contributed by atoms with van der Waals surface area (Å²) >= 11 is 0. The van der Waals surface area contributed by atoms with Gasteiger partial charge in [0.25, 0.3) is 0 Å². The van der Waals surface area contributed by atoms with Gasteiger partial charge < -0.3 is 9.72 Å². The zero-order chi connectivity index (χ0) is 22.2. The van der Waals surface area contributed by atoms with E-state index in [0.29, 0.717) is 5.82 Å². The molecule has 2 heterocycles. The second-order valence-electron chi connectivity index (χ2n) is 7.49. The first-order valence-electron chi connectivity index (χ1n) is 10.2. The lowest BCUT2D eigenvalue weighted by Crippen LogP contribution is -2.02. The maximum atomic E-state index is 13.5. The lowest BCUT2D eigenvalue weighted by Gasteiger charge is -2.04. The quantitative estimate of drug-likeness (QED) is 0.374. The number of aromatic nitrogens is 3. The number of nitrogens with one attached hydrogen (secondary N) is 1. The van der Waals surface area contributed by atoms with Crippen LogP contribution in [-0.4, -0.2) is 27.6 Å². The highest BCUT2D eigenvalue weighted by Crippen LogP contribution is 2.38. The van der Waals surface area contributed by atoms with E-state index in [0.717, 1.165) is 44.7 Å². The third-order valence-corrected chi connectivity index (χ3v) is 5.51. The Morgan fingerprint density at radius 2 is 1.66 bits per heavy atom. The van der Waals surface area contributed by atoms with Crippen molar-refractivity contribution < 1.29 is 13.9 Å². The molecule has 0 radical (unpaired) electrons. The van der Waals surface area contributed by atoms with Crippen LogP contribution in [0, 0.1) is 5.82 Å². The van der Waals surface area contributed by atoms with Crippen LogP contribution >= 0.6 is 0 Å². The number of rotatable bonds is 4. The predicted molar refractivity (Wildman–Crippen MR) is 123 cm³/mol. The van der Waals surface area contributed by atoms with Gasteiger partial charge in [0, 0.05) is 35.2 Å². The van der Waals surface area contributed by atoms with E-state index in [2.05, 4.69) is 4.98 Å². The van der Waals surface area contributed by atoms with Gasteiger partial charge in [0.1, 0.15) is 17.4 Å². The number of carbonyl (C=O) groups excluding carboxylic acids is 1. The van der Waals surface area contributed by atoms with Crippen LogP contribution in [0.4, 0.5) is 4.39 Å². The van der Waals surface area contributed by atoms with Crippen LogP contribution in [0.25, 0.3) is 44.8 Å². The Balaban J connectivity index is 1.76. The third-order valence-electron chi connectivity index (χ3n) is 5.51. The summed E-state index contributed by atoms with van der Waals surface area (Å²) in [5.41, 5.74) is 4.87. The fourth-order valence-corrected chi connectivity index (χ4v) is 3.91. The highest BCUT2D eigenvalue weighted by molar-refractivity contribution is 6.03. The summed E-state index contributed by atoms with van der Waals surface area (Å²) < 4.78 is 20.4. The van der Waals surface area contributed by atoms with Gasteiger partial charge >= 0.3 is 0 Å². The molecule has 0 aliphatic heterocycles. The number of aromatic amines is 1. The average Bonchev–Trinajstić information content (AvgIpc) is 3.42. The summed E-state index contributed by atoms with van der Waals surface area (Å²) in [7, 11) is 1.62. The van der Waals surface area contributed by atoms with Gasteiger partial charge in [-0.05, 0) is 54.6 Å². The van der Waals surface area contributed by atoms with Crippen molar-refractivity contribution in [1.29, 1.82) is 0 Å². The number of H-pyrrole nitrogens is 1. The molecule has 6 heteroatoms. The highest BCUT2D eigenvalue weighted by atomic mass is 19.1. The maximum Gasteiger partial charge on any atom is 0.227 e. The molecule has 0 aliphatic rings. The first-order chi connectivity index (χ1) is 15.5. The summed E-state index contributed by atoms with van der Waals surface area (Å²) in [5.74, 6) is 0.986. The first-order valence-corrected chi connectivity index (χ1v) is 10.2. The van der Waals surface area contributed by atoms with Gasteiger partial charge in [-0.2, -0.15) is 0 Å². The van der Waals surface area contributed by atoms with Crippen LogP contribution < -0.4 is 4.74 Å². The van der Waals surface area contributed by atoms with Crippen LogP contribution in [-0.2, 0) is 0 Å². The molecule has 5 aromatic rings. The second-order valence-corrected chi connectivity index (χ2v) is 7.49. The SMILES string of the molecule is COc1ccc(-c2nc(-c3ccc(F)cc3)[nH]c2-c2cn(C(C)=O)c3ccccc23)cc1. The number of halogens is 1. The lowest BCUT2D eigenvalue weighted by molar-refractivity contribution is 0.0941. The minimum absolute atomic E-state index is 0.0725. The summed E-state index contributed by atoms with van der Waals surface area (Å²) in [6, 6.07) is 21.6. The Morgan fingerprint density at radius 3 is 2.34 bits per heavy atom. The molecule has 2 aromatic heterocycles. The van der Waals surface area contributed by atoms with E-state index in [1.54, 1.807) is 23.8 Å². The highest BCUT2D eigenvalue weighted by Gasteiger charge is 2.20. The van der Waals surface area contributed by atoms with Crippen molar-refractivity contribution in [3.63, 3.8) is 0 Å². The first kappa shape index (κ1) is 19.8. The molecule has 5 rings (SSSR count). The van der Waals surface area contributed by atoms with Crippen LogP contribution in [0.15, 0.2) is 79.0 Å². The fraction of sp³-hybridized carbons (Fsp3) is 0.0769. The third kappa shape index (κ3) is 3.36. The van der Waals surface area contributed by atoms with Gasteiger partial charge in [0.2, 0.25) is 5.91 Å². The topological polar surface area (TPSA) is 59.9 Å². The van der Waals surface area contributed by atoms with Crippen LogP contribution in [0.2, 0.25) is 0 Å². The standard InChI is InChI=1S/C26H20FN3O2/c1-16(31)30-15-22(21-5-3-4-6-23(21)30)25-24(17-9-13-20(32-2)14-10-17)28-26(29-25)18-7-11-19(27)12-8-18/h3-15H,1-2H3,(H,28,29). The number of hydrogen-bond acceptors (Lipinski definition) is 3. The van der Waals surface area contributed by atoms with Crippen molar-refractivity contribution in [1.82, 2.24) is 14.5 Å². The average molecular weight is 425 g/mol. The number of ether oxygens (including phenoxy) is 1. The van der Waals surface area contributed by atoms with Gasteiger partial charge in [-0.25, -0.2) is 9.37 Å². The lowest BCUT2D eigenvalue weighted by atomic mass is 10.0. The van der Waals surface area contributed by atoms with E-state index >= 15 is 0 Å². The normalized spacial score (nSPS) is 11.1. The fourth-order valence-electron chi connectivity index (χ4n) is 3.91. The number of para-hydroxylation sites is 1. The van der Waals surface area contributed by atoms with Crippen LogP contribution in [0.3, 0.4) is 0 Å². The summed E-state index contributed by atoms with van der Waals surface area (Å²) in [6.07, 6.45) is 1.84. The molecule has 158 valence electrons. The second kappa shape index (κ2) is 7.81. The van der Waals surface area contributed by atoms with E-state index in [1.165, 1.54) is 19.1 Å². The number of hydrogen-bond donors (Lipinski definition) is 1. The monoisotopic (exact) mass is 425 g/mol. The van der Waals surface area contributed by atoms with Gasteiger partial charge in [0.15, 0.2) is 0 Å². The molecule has 0 unspecified atom stereocenters. The maximum absolute atomic E-state index is 13.5. The molecule has 0 aliphatic carbocycles. The summed E-state index contributed by atoms with van der Waals surface area (Å²) in [5, 5.41) is 0.937. The van der Waals surface area contributed by atoms with E-state index in [4.69, 9.17) is 9.72 Å². The number of methoxy groups -OCH3 is 1.